The van der Waals surface area contributed by atoms with Gasteiger partial charge in [0.1, 0.15) is 0 Å². The summed E-state index contributed by atoms with van der Waals surface area (Å²) in [7, 11) is 0. The minimum Gasteiger partial charge on any atom is -0.463 e. The van der Waals surface area contributed by atoms with Gasteiger partial charge in [0.25, 0.3) is 0 Å². The SMILES string of the molecule is CCCCCCCCCCCC(=O)O[C@H](C)C(=O)O[C@@H](C)C(=O)OCC. The molecule has 0 rings (SSSR count). The van der Waals surface area contributed by atoms with Gasteiger partial charge >= 0.3 is 17.9 Å². The molecule has 6 nitrogen and oxygen atoms in total. The van der Waals surface area contributed by atoms with E-state index in [0.717, 1.165) is 19.3 Å². The van der Waals surface area contributed by atoms with Crippen molar-refractivity contribution in [3.05, 3.63) is 0 Å². The van der Waals surface area contributed by atoms with Gasteiger partial charge in [0, 0.05) is 6.42 Å². The van der Waals surface area contributed by atoms with Crippen LogP contribution >= 0.6 is 0 Å². The Morgan fingerprint density at radius 1 is 0.692 bits per heavy atom. The molecule has 0 fully saturated rings. The third kappa shape index (κ3) is 12.7. The first-order chi connectivity index (χ1) is 12.4. The number of unbranched alkanes of at least 4 members (excludes halogenated alkanes) is 8. The van der Waals surface area contributed by atoms with Gasteiger partial charge in [-0.1, -0.05) is 58.3 Å². The van der Waals surface area contributed by atoms with Crippen LogP contribution in [0.15, 0.2) is 0 Å². The normalized spacial score (nSPS) is 12.9. The van der Waals surface area contributed by atoms with Gasteiger partial charge in [-0.2, -0.15) is 0 Å². The van der Waals surface area contributed by atoms with Crippen LogP contribution in [0, 0.1) is 0 Å². The van der Waals surface area contributed by atoms with E-state index in [1.165, 1.54) is 52.4 Å². The third-order valence-electron chi connectivity index (χ3n) is 4.04. The number of esters is 3. The largest absolute Gasteiger partial charge is 0.463 e. The summed E-state index contributed by atoms with van der Waals surface area (Å²) in [6.45, 7) is 6.95. The Labute approximate surface area is 157 Å². The van der Waals surface area contributed by atoms with Crippen LogP contribution in [0.2, 0.25) is 0 Å². The summed E-state index contributed by atoms with van der Waals surface area (Å²) in [6, 6.07) is 0. The summed E-state index contributed by atoms with van der Waals surface area (Å²) < 4.78 is 14.7. The van der Waals surface area contributed by atoms with E-state index in [-0.39, 0.29) is 6.61 Å². The Bertz CT molecular complexity index is 407. The molecule has 26 heavy (non-hydrogen) atoms. The van der Waals surface area contributed by atoms with Crippen molar-refractivity contribution in [2.45, 2.75) is 104 Å². The second kappa shape index (κ2) is 15.6. The molecule has 0 saturated heterocycles. The Morgan fingerprint density at radius 2 is 1.19 bits per heavy atom. The smallest absolute Gasteiger partial charge is 0.347 e. The summed E-state index contributed by atoms with van der Waals surface area (Å²) in [5, 5.41) is 0. The van der Waals surface area contributed by atoms with Crippen molar-refractivity contribution in [3.8, 4) is 0 Å². The maximum atomic E-state index is 11.8. The van der Waals surface area contributed by atoms with Crippen molar-refractivity contribution in [2.24, 2.45) is 0 Å². The van der Waals surface area contributed by atoms with Crippen molar-refractivity contribution >= 4 is 17.9 Å². The molecular formula is C20H36O6. The highest BCUT2D eigenvalue weighted by Gasteiger charge is 2.25. The monoisotopic (exact) mass is 372 g/mol. The van der Waals surface area contributed by atoms with E-state index in [0.29, 0.717) is 6.42 Å². The van der Waals surface area contributed by atoms with E-state index in [2.05, 4.69) is 6.92 Å². The van der Waals surface area contributed by atoms with Gasteiger partial charge in [-0.05, 0) is 27.2 Å². The number of rotatable bonds is 15. The highest BCUT2D eigenvalue weighted by atomic mass is 16.6. The molecule has 0 aromatic carbocycles. The molecule has 152 valence electrons. The minimum atomic E-state index is -1.03. The molecule has 6 heteroatoms. The summed E-state index contributed by atoms with van der Waals surface area (Å²) in [6.07, 6.45) is 8.75. The quantitative estimate of drug-likeness (QED) is 0.242. The average Bonchev–Trinajstić information content (AvgIpc) is 2.60. The van der Waals surface area contributed by atoms with Gasteiger partial charge in [0.05, 0.1) is 6.61 Å². The number of carbonyl (C=O) groups excluding carboxylic acids is 3. The van der Waals surface area contributed by atoms with E-state index in [1.807, 2.05) is 0 Å². The maximum Gasteiger partial charge on any atom is 0.347 e. The standard InChI is InChI=1S/C20H36O6/c1-5-7-8-9-10-11-12-13-14-15-18(21)25-17(4)20(23)26-16(3)19(22)24-6-2/h16-17H,5-15H2,1-4H3/t16-,17+/m0/s1. The van der Waals surface area contributed by atoms with Crippen LogP contribution < -0.4 is 0 Å². The van der Waals surface area contributed by atoms with Crippen LogP contribution in [0.4, 0.5) is 0 Å². The van der Waals surface area contributed by atoms with Crippen molar-refractivity contribution in [1.82, 2.24) is 0 Å². The molecule has 0 spiro atoms. The summed E-state index contributed by atoms with van der Waals surface area (Å²) in [5.41, 5.74) is 0. The van der Waals surface area contributed by atoms with Crippen molar-refractivity contribution < 1.29 is 28.6 Å². The topological polar surface area (TPSA) is 78.9 Å². The molecule has 0 amide bonds. The van der Waals surface area contributed by atoms with E-state index in [1.54, 1.807) is 6.92 Å². The molecule has 0 aliphatic rings. The summed E-state index contributed by atoms with van der Waals surface area (Å²) >= 11 is 0. The average molecular weight is 373 g/mol. The van der Waals surface area contributed by atoms with Crippen LogP contribution in [-0.2, 0) is 28.6 Å². The second-order valence-corrected chi connectivity index (χ2v) is 6.54. The summed E-state index contributed by atoms with van der Waals surface area (Å²) in [5.74, 6) is -1.78. The molecule has 0 bridgehead atoms. The predicted molar refractivity (Wildman–Crippen MR) is 99.6 cm³/mol. The van der Waals surface area contributed by atoms with Crippen LogP contribution in [0.5, 0.6) is 0 Å². The van der Waals surface area contributed by atoms with Crippen molar-refractivity contribution in [1.29, 1.82) is 0 Å². The van der Waals surface area contributed by atoms with Crippen molar-refractivity contribution in [2.75, 3.05) is 6.61 Å². The Hall–Kier alpha value is -1.59. The maximum absolute atomic E-state index is 11.8. The first kappa shape index (κ1) is 24.4. The zero-order chi connectivity index (χ0) is 19.8. The zero-order valence-corrected chi connectivity index (χ0v) is 16.9. The van der Waals surface area contributed by atoms with Gasteiger partial charge in [-0.3, -0.25) is 4.79 Å². The van der Waals surface area contributed by atoms with Gasteiger partial charge in [0.2, 0.25) is 0 Å². The minimum absolute atomic E-state index is 0.212. The molecule has 0 aromatic rings. The lowest BCUT2D eigenvalue weighted by molar-refractivity contribution is -0.176. The summed E-state index contributed by atoms with van der Waals surface area (Å²) in [4.78, 5) is 35.0. The first-order valence-corrected chi connectivity index (χ1v) is 9.98. The van der Waals surface area contributed by atoms with Gasteiger partial charge in [-0.15, -0.1) is 0 Å². The molecule has 0 heterocycles. The zero-order valence-electron chi connectivity index (χ0n) is 16.9. The van der Waals surface area contributed by atoms with Crippen LogP contribution in [-0.4, -0.2) is 36.7 Å². The molecule has 0 aliphatic carbocycles. The fourth-order valence-electron chi connectivity index (χ4n) is 2.46. The molecule has 0 radical (unpaired) electrons. The number of hydrogen-bond donors (Lipinski definition) is 0. The van der Waals surface area contributed by atoms with Crippen LogP contribution in [0.25, 0.3) is 0 Å². The molecule has 0 aliphatic heterocycles. The molecular weight excluding hydrogens is 336 g/mol. The molecule has 0 aromatic heterocycles. The Kier molecular flexibility index (Phi) is 14.7. The third-order valence-corrected chi connectivity index (χ3v) is 4.04. The molecule has 0 saturated carbocycles. The predicted octanol–water partition coefficient (Wildman–Crippen LogP) is 4.33. The van der Waals surface area contributed by atoms with Gasteiger partial charge in [0.15, 0.2) is 12.2 Å². The lowest BCUT2D eigenvalue weighted by atomic mass is 10.1. The second-order valence-electron chi connectivity index (χ2n) is 6.54. The fourth-order valence-corrected chi connectivity index (χ4v) is 2.46. The Balaban J connectivity index is 3.78. The van der Waals surface area contributed by atoms with Crippen LogP contribution in [0.1, 0.15) is 91.9 Å². The van der Waals surface area contributed by atoms with E-state index >= 15 is 0 Å². The Morgan fingerprint density at radius 3 is 1.73 bits per heavy atom. The lowest BCUT2D eigenvalue weighted by Crippen LogP contribution is -2.33. The highest BCUT2D eigenvalue weighted by Crippen LogP contribution is 2.11. The first-order valence-electron chi connectivity index (χ1n) is 9.98. The molecule has 2 atom stereocenters. The van der Waals surface area contributed by atoms with Crippen LogP contribution in [0.3, 0.4) is 0 Å². The fraction of sp³-hybridized carbons (Fsp3) is 0.850. The van der Waals surface area contributed by atoms with Crippen molar-refractivity contribution in [3.63, 3.8) is 0 Å². The highest BCUT2D eigenvalue weighted by molar-refractivity contribution is 5.82. The number of hydrogen-bond acceptors (Lipinski definition) is 6. The molecule has 0 N–H and O–H groups in total. The molecule has 0 unspecified atom stereocenters. The van der Waals surface area contributed by atoms with E-state index in [9.17, 15) is 14.4 Å². The van der Waals surface area contributed by atoms with E-state index in [4.69, 9.17) is 14.2 Å². The number of ether oxygens (including phenoxy) is 3. The lowest BCUT2D eigenvalue weighted by Gasteiger charge is -2.16. The van der Waals surface area contributed by atoms with Gasteiger partial charge < -0.3 is 14.2 Å². The number of carbonyl (C=O) groups is 3. The van der Waals surface area contributed by atoms with E-state index < -0.39 is 30.1 Å². The van der Waals surface area contributed by atoms with Gasteiger partial charge in [-0.25, -0.2) is 9.59 Å².